The van der Waals surface area contributed by atoms with Crippen molar-refractivity contribution in [1.29, 1.82) is 0 Å². The van der Waals surface area contributed by atoms with Gasteiger partial charge in [0.05, 0.1) is 19.1 Å². The summed E-state index contributed by atoms with van der Waals surface area (Å²) in [6.07, 6.45) is 2.52. The molecule has 1 N–H and O–H groups in total. The zero-order valence-corrected chi connectivity index (χ0v) is 11.4. The van der Waals surface area contributed by atoms with Crippen LogP contribution < -0.4 is 0 Å². The van der Waals surface area contributed by atoms with Gasteiger partial charge in [0.1, 0.15) is 0 Å². The molecule has 106 valence electrons. The van der Waals surface area contributed by atoms with Crippen LogP contribution in [0, 0.1) is 5.92 Å². The third-order valence-electron chi connectivity index (χ3n) is 3.53. The average Bonchev–Trinajstić information content (AvgIpc) is 2.35. The fraction of sp³-hybridized carbons (Fsp3) is 0.923. The van der Waals surface area contributed by atoms with Crippen molar-refractivity contribution in [2.75, 3.05) is 40.0 Å². The number of ether oxygens (including phenoxy) is 2. The van der Waals surface area contributed by atoms with Gasteiger partial charge in [-0.05, 0) is 32.7 Å². The fourth-order valence-electron chi connectivity index (χ4n) is 2.39. The summed E-state index contributed by atoms with van der Waals surface area (Å²) in [5, 5.41) is 8.99. The van der Waals surface area contributed by atoms with Crippen LogP contribution in [0.2, 0.25) is 0 Å². The van der Waals surface area contributed by atoms with E-state index in [0.717, 1.165) is 39.0 Å². The first-order chi connectivity index (χ1) is 8.65. The number of carboxylic acid groups (broad SMARTS) is 1. The molecule has 0 amide bonds. The molecule has 0 aromatic carbocycles. The van der Waals surface area contributed by atoms with Crippen molar-refractivity contribution >= 4 is 5.97 Å². The lowest BCUT2D eigenvalue weighted by atomic mass is 9.92. The number of piperidine rings is 1. The second-order valence-electron chi connectivity index (χ2n) is 4.90. The quantitative estimate of drug-likeness (QED) is 0.664. The van der Waals surface area contributed by atoms with Crippen molar-refractivity contribution in [3.05, 3.63) is 0 Å². The van der Waals surface area contributed by atoms with Gasteiger partial charge in [-0.25, -0.2) is 0 Å². The Morgan fingerprint density at radius 1 is 1.39 bits per heavy atom. The molecule has 1 fully saturated rings. The third kappa shape index (κ3) is 5.33. The van der Waals surface area contributed by atoms with Crippen molar-refractivity contribution in [2.24, 2.45) is 5.92 Å². The van der Waals surface area contributed by atoms with Crippen LogP contribution in [0.4, 0.5) is 0 Å². The van der Waals surface area contributed by atoms with E-state index in [2.05, 4.69) is 11.8 Å². The minimum Gasteiger partial charge on any atom is -0.481 e. The minimum absolute atomic E-state index is 0.158. The van der Waals surface area contributed by atoms with Crippen LogP contribution in [0.25, 0.3) is 0 Å². The van der Waals surface area contributed by atoms with Gasteiger partial charge in [0.25, 0.3) is 0 Å². The summed E-state index contributed by atoms with van der Waals surface area (Å²) < 4.78 is 10.3. The van der Waals surface area contributed by atoms with Gasteiger partial charge in [-0.2, -0.15) is 0 Å². The highest BCUT2D eigenvalue weighted by atomic mass is 16.5. The largest absolute Gasteiger partial charge is 0.481 e. The second-order valence-corrected chi connectivity index (χ2v) is 4.90. The fourth-order valence-corrected chi connectivity index (χ4v) is 2.39. The maximum atomic E-state index is 10.9. The number of carbonyl (C=O) groups is 1. The molecule has 1 aliphatic rings. The van der Waals surface area contributed by atoms with Crippen molar-refractivity contribution in [1.82, 2.24) is 4.90 Å². The molecule has 0 aromatic rings. The first kappa shape index (κ1) is 15.4. The lowest BCUT2D eigenvalue weighted by Crippen LogP contribution is -2.43. The molecule has 18 heavy (non-hydrogen) atoms. The van der Waals surface area contributed by atoms with Gasteiger partial charge in [0.2, 0.25) is 0 Å². The highest BCUT2D eigenvalue weighted by Crippen LogP contribution is 2.22. The molecule has 0 saturated carbocycles. The van der Waals surface area contributed by atoms with Gasteiger partial charge in [-0.3, -0.25) is 4.79 Å². The lowest BCUT2D eigenvalue weighted by molar-refractivity contribution is -0.144. The molecule has 1 aliphatic heterocycles. The van der Waals surface area contributed by atoms with Gasteiger partial charge < -0.3 is 19.5 Å². The first-order valence-electron chi connectivity index (χ1n) is 6.68. The molecule has 2 unspecified atom stereocenters. The lowest BCUT2D eigenvalue weighted by Gasteiger charge is -2.36. The van der Waals surface area contributed by atoms with E-state index in [4.69, 9.17) is 14.6 Å². The second kappa shape index (κ2) is 8.45. The Kier molecular flexibility index (Phi) is 7.23. The van der Waals surface area contributed by atoms with Crippen LogP contribution in [-0.4, -0.2) is 62.0 Å². The van der Waals surface area contributed by atoms with Gasteiger partial charge >= 0.3 is 5.97 Å². The van der Waals surface area contributed by atoms with E-state index in [9.17, 15) is 4.79 Å². The number of rotatable bonds is 8. The number of methoxy groups -OCH3 is 1. The SMILES string of the molecule is COCCOCCCN1CCC(C(=O)O)CC1C. The molecule has 0 radical (unpaired) electrons. The molecule has 0 aliphatic carbocycles. The van der Waals surface area contributed by atoms with Crippen LogP contribution in [-0.2, 0) is 14.3 Å². The summed E-state index contributed by atoms with van der Waals surface area (Å²) in [5.41, 5.74) is 0. The Labute approximate surface area is 109 Å². The maximum absolute atomic E-state index is 10.9. The van der Waals surface area contributed by atoms with Crippen LogP contribution in [0.5, 0.6) is 0 Å². The minimum atomic E-state index is -0.649. The molecule has 1 rings (SSSR count). The number of carboxylic acids is 1. The summed E-state index contributed by atoms with van der Waals surface area (Å²) in [6, 6.07) is 0.360. The first-order valence-corrected chi connectivity index (χ1v) is 6.68. The standard InChI is InChI=1S/C13H25NO4/c1-11-10-12(13(15)16)4-6-14(11)5-3-7-18-9-8-17-2/h11-12H,3-10H2,1-2H3,(H,15,16). The highest BCUT2D eigenvalue weighted by molar-refractivity contribution is 5.70. The molecule has 5 nitrogen and oxygen atoms in total. The Morgan fingerprint density at radius 3 is 2.78 bits per heavy atom. The molecule has 0 spiro atoms. The van der Waals surface area contributed by atoms with E-state index < -0.39 is 5.97 Å². The van der Waals surface area contributed by atoms with Crippen molar-refractivity contribution in [3.8, 4) is 0 Å². The molecule has 5 heteroatoms. The van der Waals surface area contributed by atoms with Crippen LogP contribution in [0.15, 0.2) is 0 Å². The van der Waals surface area contributed by atoms with Crippen LogP contribution in [0.3, 0.4) is 0 Å². The topological polar surface area (TPSA) is 59.0 Å². The predicted molar refractivity (Wildman–Crippen MR) is 68.7 cm³/mol. The van der Waals surface area contributed by atoms with Crippen molar-refractivity contribution < 1.29 is 19.4 Å². The van der Waals surface area contributed by atoms with Crippen LogP contribution in [0.1, 0.15) is 26.2 Å². The van der Waals surface area contributed by atoms with E-state index in [0.29, 0.717) is 19.3 Å². The molecule has 1 heterocycles. The molecule has 0 bridgehead atoms. The van der Waals surface area contributed by atoms with Crippen molar-refractivity contribution in [2.45, 2.75) is 32.2 Å². The Bertz CT molecular complexity index is 247. The Hall–Kier alpha value is -0.650. The smallest absolute Gasteiger partial charge is 0.306 e. The maximum Gasteiger partial charge on any atom is 0.306 e. The Morgan fingerprint density at radius 2 is 2.17 bits per heavy atom. The highest BCUT2D eigenvalue weighted by Gasteiger charge is 2.28. The number of aliphatic carboxylic acids is 1. The monoisotopic (exact) mass is 259 g/mol. The van der Waals surface area contributed by atoms with E-state index >= 15 is 0 Å². The number of nitrogens with zero attached hydrogens (tertiary/aromatic N) is 1. The molecular weight excluding hydrogens is 234 g/mol. The molecule has 0 aromatic heterocycles. The van der Waals surface area contributed by atoms with E-state index in [1.807, 2.05) is 0 Å². The number of hydrogen-bond donors (Lipinski definition) is 1. The van der Waals surface area contributed by atoms with E-state index in [1.165, 1.54) is 0 Å². The van der Waals surface area contributed by atoms with Gasteiger partial charge in [0.15, 0.2) is 0 Å². The number of likely N-dealkylation sites (tertiary alicyclic amines) is 1. The molecule has 1 saturated heterocycles. The molecular formula is C13H25NO4. The summed E-state index contributed by atoms with van der Waals surface area (Å²) in [4.78, 5) is 13.3. The summed E-state index contributed by atoms with van der Waals surface area (Å²) >= 11 is 0. The average molecular weight is 259 g/mol. The summed E-state index contributed by atoms with van der Waals surface area (Å²) in [5.74, 6) is -0.807. The van der Waals surface area contributed by atoms with Gasteiger partial charge in [-0.1, -0.05) is 0 Å². The van der Waals surface area contributed by atoms with Gasteiger partial charge in [-0.15, -0.1) is 0 Å². The molecule has 2 atom stereocenters. The Balaban J connectivity index is 2.10. The van der Waals surface area contributed by atoms with Gasteiger partial charge in [0, 0.05) is 26.3 Å². The number of hydrogen-bond acceptors (Lipinski definition) is 4. The zero-order chi connectivity index (χ0) is 13.4. The van der Waals surface area contributed by atoms with Crippen molar-refractivity contribution in [3.63, 3.8) is 0 Å². The van der Waals surface area contributed by atoms with Crippen LogP contribution >= 0.6 is 0 Å². The van der Waals surface area contributed by atoms with E-state index in [1.54, 1.807) is 7.11 Å². The summed E-state index contributed by atoms with van der Waals surface area (Å²) in [6.45, 7) is 6.01. The normalized spacial score (nSPS) is 25.2. The van der Waals surface area contributed by atoms with E-state index in [-0.39, 0.29) is 5.92 Å². The summed E-state index contributed by atoms with van der Waals surface area (Å²) in [7, 11) is 1.66. The third-order valence-corrected chi connectivity index (χ3v) is 3.53. The predicted octanol–water partition coefficient (Wildman–Crippen LogP) is 1.22. The zero-order valence-electron chi connectivity index (χ0n) is 11.4.